The fourth-order valence-corrected chi connectivity index (χ4v) is 6.34. The molecule has 228 valence electrons. The van der Waals surface area contributed by atoms with E-state index in [1.807, 2.05) is 24.3 Å². The lowest BCUT2D eigenvalue weighted by molar-refractivity contribution is -0.132. The molecule has 0 aliphatic carbocycles. The van der Waals surface area contributed by atoms with E-state index in [-0.39, 0.29) is 11.9 Å². The number of ether oxygens (including phenoxy) is 1. The number of rotatable bonds is 11. The molecule has 1 saturated heterocycles. The molecule has 0 bridgehead atoms. The average molecular weight is 592 g/mol. The summed E-state index contributed by atoms with van der Waals surface area (Å²) in [4.78, 5) is 27.7. The van der Waals surface area contributed by atoms with Crippen LogP contribution in [-0.2, 0) is 22.5 Å². The van der Waals surface area contributed by atoms with Gasteiger partial charge >= 0.3 is 6.03 Å². The van der Waals surface area contributed by atoms with Crippen LogP contribution in [-0.4, -0.2) is 48.2 Å². The second-order valence-corrected chi connectivity index (χ2v) is 11.5. The van der Waals surface area contributed by atoms with Crippen LogP contribution in [0.15, 0.2) is 72.8 Å². The Labute approximate surface area is 259 Å². The number of para-hydroxylation sites is 1. The number of piperidine rings is 1. The van der Waals surface area contributed by atoms with Gasteiger partial charge in [-0.2, -0.15) is 5.26 Å². The lowest BCUT2D eigenvalue weighted by Crippen LogP contribution is -2.39. The SMILES string of the molecule is COCCCn1c(C2CCCN(C(=O)CCCc3ccc(NC(=O)Nc4ccc(C#N)cc4)cc3)C2)c(C)c2ccccc21. The summed E-state index contributed by atoms with van der Waals surface area (Å²) < 4.78 is 7.81. The van der Waals surface area contributed by atoms with Gasteiger partial charge in [0.15, 0.2) is 0 Å². The first-order valence-corrected chi connectivity index (χ1v) is 15.5. The van der Waals surface area contributed by atoms with Crippen LogP contribution in [0.1, 0.15) is 60.4 Å². The van der Waals surface area contributed by atoms with Gasteiger partial charge in [0.25, 0.3) is 0 Å². The minimum absolute atomic E-state index is 0.229. The van der Waals surface area contributed by atoms with Crippen molar-refractivity contribution in [2.45, 2.75) is 57.9 Å². The number of likely N-dealkylation sites (tertiary alicyclic amines) is 1. The summed E-state index contributed by atoms with van der Waals surface area (Å²) >= 11 is 0. The minimum atomic E-state index is -0.349. The average Bonchev–Trinajstić information content (AvgIpc) is 3.33. The third kappa shape index (κ3) is 7.47. The number of benzene rings is 3. The van der Waals surface area contributed by atoms with E-state index < -0.39 is 0 Å². The van der Waals surface area contributed by atoms with E-state index in [9.17, 15) is 9.59 Å². The molecule has 4 aromatic rings. The van der Waals surface area contributed by atoms with Crippen molar-refractivity contribution in [1.82, 2.24) is 9.47 Å². The highest BCUT2D eigenvalue weighted by atomic mass is 16.5. The zero-order valence-electron chi connectivity index (χ0n) is 25.6. The first-order chi connectivity index (χ1) is 21.5. The number of carbonyl (C=O) groups is 2. The van der Waals surface area contributed by atoms with E-state index in [1.54, 1.807) is 31.4 Å². The van der Waals surface area contributed by atoms with Gasteiger partial charge in [-0.3, -0.25) is 4.79 Å². The Bertz CT molecular complexity index is 1620. The molecule has 1 aliphatic rings. The van der Waals surface area contributed by atoms with E-state index >= 15 is 0 Å². The molecule has 3 aromatic carbocycles. The molecule has 2 heterocycles. The van der Waals surface area contributed by atoms with Gasteiger partial charge in [0.05, 0.1) is 11.6 Å². The molecule has 8 nitrogen and oxygen atoms in total. The largest absolute Gasteiger partial charge is 0.385 e. The molecular weight excluding hydrogens is 550 g/mol. The molecule has 1 aromatic heterocycles. The van der Waals surface area contributed by atoms with Crippen molar-refractivity contribution in [2.24, 2.45) is 0 Å². The standard InChI is InChI=1S/C36H41N5O3/c1-26-32-10-3-4-11-33(32)41(22-7-23-44-2)35(26)29-9-6-21-40(25-29)34(42)12-5-8-27-13-17-30(18-14-27)38-36(43)39-31-19-15-28(24-37)16-20-31/h3-4,10-11,13-20,29H,5-9,12,21-23,25H2,1-2H3,(H2,38,39,43). The van der Waals surface area contributed by atoms with Crippen LogP contribution in [0.4, 0.5) is 16.2 Å². The third-order valence-electron chi connectivity index (χ3n) is 8.50. The number of aromatic nitrogens is 1. The second kappa shape index (κ2) is 14.7. The number of methoxy groups -OCH3 is 1. The van der Waals surface area contributed by atoms with Crippen LogP contribution < -0.4 is 10.6 Å². The van der Waals surface area contributed by atoms with Gasteiger partial charge in [-0.1, -0.05) is 30.3 Å². The number of hydrogen-bond donors (Lipinski definition) is 2. The van der Waals surface area contributed by atoms with Crippen molar-refractivity contribution in [3.05, 3.63) is 95.2 Å². The number of carbonyl (C=O) groups excluding carboxylic acids is 2. The third-order valence-corrected chi connectivity index (χ3v) is 8.50. The summed E-state index contributed by atoms with van der Waals surface area (Å²) in [6.45, 7) is 5.47. The summed E-state index contributed by atoms with van der Waals surface area (Å²) in [5.41, 5.74) is 6.95. The van der Waals surface area contributed by atoms with Gasteiger partial charge in [0.2, 0.25) is 5.91 Å². The number of anilines is 2. The minimum Gasteiger partial charge on any atom is -0.385 e. The Balaban J connectivity index is 1.13. The van der Waals surface area contributed by atoms with E-state index in [4.69, 9.17) is 10.00 Å². The van der Waals surface area contributed by atoms with Crippen molar-refractivity contribution >= 4 is 34.2 Å². The predicted octanol–water partition coefficient (Wildman–Crippen LogP) is 7.23. The Morgan fingerprint density at radius 1 is 0.977 bits per heavy atom. The van der Waals surface area contributed by atoms with Crippen LogP contribution in [0.25, 0.3) is 10.9 Å². The molecule has 2 N–H and O–H groups in total. The highest BCUT2D eigenvalue weighted by Gasteiger charge is 2.29. The summed E-state index contributed by atoms with van der Waals surface area (Å²) in [7, 11) is 1.75. The molecule has 1 fully saturated rings. The molecule has 3 amide bonds. The molecule has 1 atom stereocenters. The smallest absolute Gasteiger partial charge is 0.323 e. The van der Waals surface area contributed by atoms with Crippen LogP contribution in [0.5, 0.6) is 0 Å². The number of nitrogens with zero attached hydrogens (tertiary/aromatic N) is 3. The normalized spacial score (nSPS) is 14.8. The zero-order valence-corrected chi connectivity index (χ0v) is 25.6. The highest BCUT2D eigenvalue weighted by molar-refractivity contribution is 5.99. The molecular formula is C36H41N5O3. The molecule has 0 spiro atoms. The van der Waals surface area contributed by atoms with Crippen molar-refractivity contribution < 1.29 is 14.3 Å². The number of aryl methyl sites for hydroxylation is 3. The highest BCUT2D eigenvalue weighted by Crippen LogP contribution is 2.36. The summed E-state index contributed by atoms with van der Waals surface area (Å²) in [5, 5.41) is 15.8. The molecule has 8 heteroatoms. The maximum atomic E-state index is 13.3. The molecule has 0 radical (unpaired) electrons. The Morgan fingerprint density at radius 2 is 1.68 bits per heavy atom. The summed E-state index contributed by atoms with van der Waals surface area (Å²) in [6.07, 6.45) is 5.17. The molecule has 44 heavy (non-hydrogen) atoms. The second-order valence-electron chi connectivity index (χ2n) is 11.5. The van der Waals surface area contributed by atoms with Crippen LogP contribution in [0.3, 0.4) is 0 Å². The number of nitriles is 1. The van der Waals surface area contributed by atoms with Crippen LogP contribution in [0, 0.1) is 18.3 Å². The Morgan fingerprint density at radius 3 is 2.39 bits per heavy atom. The lowest BCUT2D eigenvalue weighted by Gasteiger charge is -2.34. The number of hydrogen-bond acceptors (Lipinski definition) is 4. The van der Waals surface area contributed by atoms with Gasteiger partial charge in [-0.05, 0) is 92.6 Å². The topological polar surface area (TPSA) is 99.4 Å². The van der Waals surface area contributed by atoms with E-state index in [2.05, 4.69) is 57.4 Å². The lowest BCUT2D eigenvalue weighted by atomic mass is 9.91. The monoisotopic (exact) mass is 591 g/mol. The molecule has 0 saturated carbocycles. The molecule has 1 aliphatic heterocycles. The van der Waals surface area contributed by atoms with Gasteiger partial charge in [-0.15, -0.1) is 0 Å². The van der Waals surface area contributed by atoms with E-state index in [0.717, 1.165) is 63.9 Å². The fourth-order valence-electron chi connectivity index (χ4n) is 6.34. The van der Waals surface area contributed by atoms with Crippen molar-refractivity contribution in [1.29, 1.82) is 5.26 Å². The summed E-state index contributed by atoms with van der Waals surface area (Å²) in [5.74, 6) is 0.559. The predicted molar refractivity (Wildman–Crippen MR) is 175 cm³/mol. The summed E-state index contributed by atoms with van der Waals surface area (Å²) in [6, 6.07) is 24.8. The maximum absolute atomic E-state index is 13.3. The number of amides is 3. The Hall–Kier alpha value is -4.61. The molecule has 5 rings (SSSR count). The first kappa shape index (κ1) is 30.8. The number of nitrogens with one attached hydrogen (secondary N) is 2. The van der Waals surface area contributed by atoms with Gasteiger partial charge < -0.3 is 24.8 Å². The van der Waals surface area contributed by atoms with Gasteiger partial charge in [-0.25, -0.2) is 4.79 Å². The first-order valence-electron chi connectivity index (χ1n) is 15.5. The maximum Gasteiger partial charge on any atom is 0.323 e. The zero-order chi connectivity index (χ0) is 30.9. The van der Waals surface area contributed by atoms with Gasteiger partial charge in [0.1, 0.15) is 0 Å². The van der Waals surface area contributed by atoms with Crippen molar-refractivity contribution in [3.63, 3.8) is 0 Å². The number of fused-ring (bicyclic) bond motifs is 1. The van der Waals surface area contributed by atoms with Crippen molar-refractivity contribution in [3.8, 4) is 6.07 Å². The number of urea groups is 1. The Kier molecular flexibility index (Phi) is 10.3. The van der Waals surface area contributed by atoms with Crippen LogP contribution in [0.2, 0.25) is 0 Å². The van der Waals surface area contributed by atoms with E-state index in [1.165, 1.54) is 22.2 Å². The van der Waals surface area contributed by atoms with Crippen molar-refractivity contribution in [2.75, 3.05) is 37.4 Å². The van der Waals surface area contributed by atoms with Gasteiger partial charge in [0, 0.05) is 73.7 Å². The van der Waals surface area contributed by atoms with Crippen LogP contribution >= 0.6 is 0 Å². The van der Waals surface area contributed by atoms with E-state index in [0.29, 0.717) is 29.3 Å². The fraction of sp³-hybridized carbons (Fsp3) is 0.361. The quantitative estimate of drug-likeness (QED) is 0.180. The molecule has 1 unspecified atom stereocenters.